The first kappa shape index (κ1) is 21.1. The van der Waals surface area contributed by atoms with Gasteiger partial charge in [0.05, 0.1) is 18.8 Å². The predicted octanol–water partition coefficient (Wildman–Crippen LogP) is 3.30. The Morgan fingerprint density at radius 1 is 1.10 bits per heavy atom. The van der Waals surface area contributed by atoms with E-state index in [2.05, 4.69) is 50.4 Å². The van der Waals surface area contributed by atoms with Crippen LogP contribution in [0.3, 0.4) is 0 Å². The Labute approximate surface area is 183 Å². The summed E-state index contributed by atoms with van der Waals surface area (Å²) in [5.41, 5.74) is 4.00. The number of anilines is 1. The highest BCUT2D eigenvalue weighted by Crippen LogP contribution is 2.32. The quantitative estimate of drug-likeness (QED) is 0.542. The average molecular weight is 426 g/mol. The summed E-state index contributed by atoms with van der Waals surface area (Å²) in [5, 5.41) is 13.4. The fraction of sp³-hybridized carbons (Fsp3) is 0.478. The molecule has 1 aromatic heterocycles. The third-order valence-electron chi connectivity index (χ3n) is 5.84. The van der Waals surface area contributed by atoms with Gasteiger partial charge in [-0.25, -0.2) is 4.98 Å². The van der Waals surface area contributed by atoms with E-state index in [1.165, 1.54) is 5.56 Å². The molecule has 0 atom stereocenters. The van der Waals surface area contributed by atoms with Crippen molar-refractivity contribution < 1.29 is 4.74 Å². The van der Waals surface area contributed by atoms with Gasteiger partial charge in [-0.3, -0.25) is 9.80 Å². The maximum atomic E-state index is 9.60. The fourth-order valence-electron chi connectivity index (χ4n) is 4.23. The van der Waals surface area contributed by atoms with Crippen molar-refractivity contribution in [1.82, 2.24) is 14.8 Å². The van der Waals surface area contributed by atoms with Crippen molar-refractivity contribution in [2.45, 2.75) is 25.9 Å². The van der Waals surface area contributed by atoms with E-state index >= 15 is 0 Å². The number of hydrogen-bond acceptors (Lipinski definition) is 6. The summed E-state index contributed by atoms with van der Waals surface area (Å²) >= 11 is 6.36. The lowest BCUT2D eigenvalue weighted by Crippen LogP contribution is -2.37. The molecule has 7 heteroatoms. The first-order chi connectivity index (χ1) is 14.7. The minimum absolute atomic E-state index is 0.309. The van der Waals surface area contributed by atoms with Crippen LogP contribution in [0.25, 0.3) is 0 Å². The standard InChI is InChI=1S/C23H28ClN5O/c24-22-20(15-25)19-7-10-29(16-18-5-2-1-3-6-18)17-21(19)23(27-22)26-8-4-9-28-11-13-30-14-12-28/h1-3,5-6H,4,7-14,16-17H2,(H,26,27). The lowest BCUT2D eigenvalue weighted by Gasteiger charge is -2.31. The van der Waals surface area contributed by atoms with E-state index in [9.17, 15) is 5.26 Å². The van der Waals surface area contributed by atoms with Gasteiger partial charge in [0.2, 0.25) is 0 Å². The molecule has 4 rings (SSSR count). The van der Waals surface area contributed by atoms with Crippen LogP contribution in [0.4, 0.5) is 5.82 Å². The van der Waals surface area contributed by atoms with E-state index in [0.29, 0.717) is 10.7 Å². The van der Waals surface area contributed by atoms with Crippen molar-refractivity contribution in [3.05, 3.63) is 57.7 Å². The number of ether oxygens (including phenoxy) is 1. The van der Waals surface area contributed by atoms with Gasteiger partial charge < -0.3 is 10.1 Å². The monoisotopic (exact) mass is 425 g/mol. The molecule has 0 saturated carbocycles. The molecular formula is C23H28ClN5O. The molecule has 1 fully saturated rings. The topological polar surface area (TPSA) is 64.4 Å². The second-order valence-electron chi connectivity index (χ2n) is 7.88. The largest absolute Gasteiger partial charge is 0.379 e. The lowest BCUT2D eigenvalue weighted by molar-refractivity contribution is 0.0378. The Balaban J connectivity index is 1.44. The normalized spacial score (nSPS) is 17.3. The van der Waals surface area contributed by atoms with Crippen molar-refractivity contribution in [3.8, 4) is 6.07 Å². The molecule has 2 aromatic rings. The van der Waals surface area contributed by atoms with Gasteiger partial charge in [-0.1, -0.05) is 41.9 Å². The average Bonchev–Trinajstić information content (AvgIpc) is 2.78. The van der Waals surface area contributed by atoms with Crippen molar-refractivity contribution in [3.63, 3.8) is 0 Å². The number of benzene rings is 1. The van der Waals surface area contributed by atoms with E-state index in [4.69, 9.17) is 16.3 Å². The summed E-state index contributed by atoms with van der Waals surface area (Å²) in [6, 6.07) is 12.8. The summed E-state index contributed by atoms with van der Waals surface area (Å²) in [6.45, 7) is 8.11. The predicted molar refractivity (Wildman–Crippen MR) is 119 cm³/mol. The molecule has 0 bridgehead atoms. The first-order valence-corrected chi connectivity index (χ1v) is 11.0. The minimum atomic E-state index is 0.309. The highest BCUT2D eigenvalue weighted by molar-refractivity contribution is 6.30. The van der Waals surface area contributed by atoms with Gasteiger partial charge in [-0.2, -0.15) is 5.26 Å². The van der Waals surface area contributed by atoms with E-state index in [-0.39, 0.29) is 0 Å². The van der Waals surface area contributed by atoms with E-state index in [1.54, 1.807) is 0 Å². The van der Waals surface area contributed by atoms with Crippen LogP contribution >= 0.6 is 11.6 Å². The second kappa shape index (κ2) is 10.2. The fourth-order valence-corrected chi connectivity index (χ4v) is 4.47. The SMILES string of the molecule is N#Cc1c(Cl)nc(NCCCN2CCOCC2)c2c1CCN(Cc1ccccc1)C2. The summed E-state index contributed by atoms with van der Waals surface area (Å²) in [5.74, 6) is 0.828. The molecule has 158 valence electrons. The molecule has 0 radical (unpaired) electrons. The Morgan fingerprint density at radius 3 is 2.67 bits per heavy atom. The zero-order valence-corrected chi connectivity index (χ0v) is 18.0. The highest BCUT2D eigenvalue weighted by atomic mass is 35.5. The first-order valence-electron chi connectivity index (χ1n) is 10.7. The van der Waals surface area contributed by atoms with Crippen LogP contribution in [-0.4, -0.2) is 60.7 Å². The number of aromatic nitrogens is 1. The van der Waals surface area contributed by atoms with Crippen LogP contribution < -0.4 is 5.32 Å². The van der Waals surface area contributed by atoms with Crippen molar-refractivity contribution in [1.29, 1.82) is 5.26 Å². The molecular weight excluding hydrogens is 398 g/mol. The van der Waals surface area contributed by atoms with Crippen molar-refractivity contribution in [2.24, 2.45) is 0 Å². The number of morpholine rings is 1. The molecule has 30 heavy (non-hydrogen) atoms. The summed E-state index contributed by atoms with van der Waals surface area (Å²) in [7, 11) is 0. The van der Waals surface area contributed by atoms with E-state index < -0.39 is 0 Å². The summed E-state index contributed by atoms with van der Waals surface area (Å²) in [6.07, 6.45) is 1.84. The van der Waals surface area contributed by atoms with Gasteiger partial charge in [0, 0.05) is 44.8 Å². The molecule has 3 heterocycles. The van der Waals surface area contributed by atoms with Crippen molar-refractivity contribution in [2.75, 3.05) is 51.3 Å². The molecule has 1 N–H and O–H groups in total. The van der Waals surface area contributed by atoms with Gasteiger partial charge in [0.25, 0.3) is 0 Å². The number of nitrogens with zero attached hydrogens (tertiary/aromatic N) is 4. The van der Waals surface area contributed by atoms with Gasteiger partial charge >= 0.3 is 0 Å². The van der Waals surface area contributed by atoms with Crippen LogP contribution in [0, 0.1) is 11.3 Å². The number of rotatable bonds is 7. The molecule has 0 unspecified atom stereocenters. The third-order valence-corrected chi connectivity index (χ3v) is 6.11. The van der Waals surface area contributed by atoms with E-state index in [1.807, 2.05) is 6.07 Å². The smallest absolute Gasteiger partial charge is 0.149 e. The number of pyridine rings is 1. The molecule has 1 aromatic carbocycles. The molecule has 0 aliphatic carbocycles. The number of halogens is 1. The number of hydrogen-bond donors (Lipinski definition) is 1. The second-order valence-corrected chi connectivity index (χ2v) is 8.23. The molecule has 0 amide bonds. The Hall–Kier alpha value is -2.17. The molecule has 1 saturated heterocycles. The van der Waals surface area contributed by atoms with Crippen LogP contribution in [0.2, 0.25) is 5.15 Å². The Morgan fingerprint density at radius 2 is 1.90 bits per heavy atom. The number of nitrogens with one attached hydrogen (secondary N) is 1. The Kier molecular flexibility index (Phi) is 7.19. The van der Waals surface area contributed by atoms with E-state index in [0.717, 1.165) is 88.8 Å². The van der Waals surface area contributed by atoms with Gasteiger partial charge in [-0.05, 0) is 30.5 Å². The molecule has 6 nitrogen and oxygen atoms in total. The molecule has 2 aliphatic rings. The van der Waals surface area contributed by atoms with Crippen LogP contribution in [0.5, 0.6) is 0 Å². The summed E-state index contributed by atoms with van der Waals surface area (Å²) in [4.78, 5) is 9.40. The van der Waals surface area contributed by atoms with Crippen molar-refractivity contribution >= 4 is 17.4 Å². The lowest BCUT2D eigenvalue weighted by atomic mass is 9.96. The summed E-state index contributed by atoms with van der Waals surface area (Å²) < 4.78 is 5.41. The molecule has 2 aliphatic heterocycles. The maximum Gasteiger partial charge on any atom is 0.149 e. The zero-order chi connectivity index (χ0) is 20.8. The zero-order valence-electron chi connectivity index (χ0n) is 17.2. The van der Waals surface area contributed by atoms with Crippen LogP contribution in [0.1, 0.15) is 28.7 Å². The van der Waals surface area contributed by atoms with Gasteiger partial charge in [0.1, 0.15) is 17.0 Å². The van der Waals surface area contributed by atoms with Crippen LogP contribution in [0.15, 0.2) is 30.3 Å². The maximum absolute atomic E-state index is 9.60. The highest BCUT2D eigenvalue weighted by Gasteiger charge is 2.25. The van der Waals surface area contributed by atoms with Gasteiger partial charge in [-0.15, -0.1) is 0 Å². The number of nitriles is 1. The third kappa shape index (κ3) is 5.11. The molecule has 0 spiro atoms. The number of fused-ring (bicyclic) bond motifs is 1. The van der Waals surface area contributed by atoms with Gasteiger partial charge in [0.15, 0.2) is 0 Å². The Bertz CT molecular complexity index is 893. The minimum Gasteiger partial charge on any atom is -0.379 e. The van der Waals surface area contributed by atoms with Crippen LogP contribution in [-0.2, 0) is 24.2 Å².